The first-order valence-corrected chi connectivity index (χ1v) is 5.20. The van der Waals surface area contributed by atoms with Crippen LogP contribution in [-0.4, -0.2) is 14.5 Å². The van der Waals surface area contributed by atoms with Crippen LogP contribution in [0.15, 0.2) is 24.5 Å². The molecular formula is C10H9Cl2N3. The number of hydrogen-bond acceptors (Lipinski definition) is 2. The fourth-order valence-corrected chi connectivity index (χ4v) is 1.88. The second-order valence-electron chi connectivity index (χ2n) is 3.22. The Bertz CT molecular complexity index is 459. The summed E-state index contributed by atoms with van der Waals surface area (Å²) in [7, 11) is 0. The van der Waals surface area contributed by atoms with E-state index < -0.39 is 0 Å². The van der Waals surface area contributed by atoms with Crippen LogP contribution in [0.25, 0.3) is 0 Å². The topological polar surface area (TPSA) is 30.7 Å². The molecular weight excluding hydrogens is 233 g/mol. The third-order valence-electron chi connectivity index (χ3n) is 2.10. The molecule has 0 bridgehead atoms. The maximum absolute atomic E-state index is 5.81. The lowest BCUT2D eigenvalue weighted by molar-refractivity contribution is 0.760. The van der Waals surface area contributed by atoms with Crippen molar-refractivity contribution in [3.63, 3.8) is 0 Å². The fourth-order valence-electron chi connectivity index (χ4n) is 1.37. The number of nitrogens with zero attached hydrogens (tertiary/aromatic N) is 3. The maximum atomic E-state index is 5.81. The Labute approximate surface area is 97.7 Å². The summed E-state index contributed by atoms with van der Waals surface area (Å²) in [5.74, 6) is 0.957. The normalized spacial score (nSPS) is 10.6. The number of halogens is 2. The molecule has 0 aliphatic rings. The van der Waals surface area contributed by atoms with Crippen molar-refractivity contribution in [2.45, 2.75) is 13.5 Å². The molecule has 78 valence electrons. The predicted molar refractivity (Wildman–Crippen MR) is 60.3 cm³/mol. The van der Waals surface area contributed by atoms with Crippen LogP contribution in [0.3, 0.4) is 0 Å². The summed E-state index contributed by atoms with van der Waals surface area (Å²) >= 11 is 11.6. The van der Waals surface area contributed by atoms with E-state index in [1.54, 1.807) is 18.3 Å². The van der Waals surface area contributed by atoms with Crippen LogP contribution in [0.4, 0.5) is 0 Å². The minimum absolute atomic E-state index is 0.412. The van der Waals surface area contributed by atoms with Crippen molar-refractivity contribution in [1.82, 2.24) is 14.5 Å². The van der Waals surface area contributed by atoms with Gasteiger partial charge in [-0.3, -0.25) is 0 Å². The van der Waals surface area contributed by atoms with Crippen molar-refractivity contribution in [2.75, 3.05) is 0 Å². The van der Waals surface area contributed by atoms with Gasteiger partial charge in [-0.2, -0.15) is 0 Å². The Balaban J connectivity index is 2.28. The van der Waals surface area contributed by atoms with E-state index in [1.807, 2.05) is 17.7 Å². The number of aromatic nitrogens is 3. The smallest absolute Gasteiger partial charge is 0.131 e. The van der Waals surface area contributed by atoms with Gasteiger partial charge in [0.15, 0.2) is 0 Å². The Morgan fingerprint density at radius 2 is 1.93 bits per heavy atom. The summed E-state index contributed by atoms with van der Waals surface area (Å²) in [5.41, 5.74) is 1.01. The highest BCUT2D eigenvalue weighted by Gasteiger charge is 2.02. The van der Waals surface area contributed by atoms with Gasteiger partial charge < -0.3 is 4.57 Å². The summed E-state index contributed by atoms with van der Waals surface area (Å²) in [4.78, 5) is 8.03. The third kappa shape index (κ3) is 2.49. The molecule has 0 fully saturated rings. The molecule has 5 heteroatoms. The first kappa shape index (κ1) is 10.5. The Kier molecular flexibility index (Phi) is 2.93. The first-order valence-electron chi connectivity index (χ1n) is 4.45. The lowest BCUT2D eigenvalue weighted by atomic mass is 10.2. The van der Waals surface area contributed by atoms with Gasteiger partial charge in [0.05, 0.1) is 0 Å². The van der Waals surface area contributed by atoms with Gasteiger partial charge in [0, 0.05) is 18.9 Å². The van der Waals surface area contributed by atoms with Crippen molar-refractivity contribution >= 4 is 23.2 Å². The van der Waals surface area contributed by atoms with Crippen LogP contribution in [0.2, 0.25) is 10.3 Å². The van der Waals surface area contributed by atoms with E-state index >= 15 is 0 Å². The SMILES string of the molecule is Cc1nccn1Cc1cc(Cl)nc(Cl)c1. The lowest BCUT2D eigenvalue weighted by Crippen LogP contribution is -2.01. The first-order chi connectivity index (χ1) is 7.15. The molecule has 0 radical (unpaired) electrons. The largest absolute Gasteiger partial charge is 0.331 e. The summed E-state index contributed by atoms with van der Waals surface area (Å²) < 4.78 is 2.02. The molecule has 3 nitrogen and oxygen atoms in total. The lowest BCUT2D eigenvalue weighted by Gasteiger charge is -2.05. The van der Waals surface area contributed by atoms with Crippen molar-refractivity contribution < 1.29 is 0 Å². The van der Waals surface area contributed by atoms with Crippen LogP contribution in [0, 0.1) is 6.92 Å². The van der Waals surface area contributed by atoms with Gasteiger partial charge in [-0.1, -0.05) is 23.2 Å². The van der Waals surface area contributed by atoms with Gasteiger partial charge in [-0.15, -0.1) is 0 Å². The highest BCUT2D eigenvalue weighted by atomic mass is 35.5. The van der Waals surface area contributed by atoms with Crippen LogP contribution in [-0.2, 0) is 6.54 Å². The van der Waals surface area contributed by atoms with Gasteiger partial charge in [0.25, 0.3) is 0 Å². The standard InChI is InChI=1S/C10H9Cl2N3/c1-7-13-2-3-15(7)6-8-4-9(11)14-10(12)5-8/h2-5H,6H2,1H3. The van der Waals surface area contributed by atoms with Crippen LogP contribution in [0.1, 0.15) is 11.4 Å². The monoisotopic (exact) mass is 241 g/mol. The third-order valence-corrected chi connectivity index (χ3v) is 2.49. The van der Waals surface area contributed by atoms with Gasteiger partial charge in [-0.05, 0) is 24.6 Å². The summed E-state index contributed by atoms with van der Waals surface area (Å²) in [6.07, 6.45) is 3.68. The average molecular weight is 242 g/mol. The zero-order chi connectivity index (χ0) is 10.8. The molecule has 0 N–H and O–H groups in total. The molecule has 2 heterocycles. The van der Waals surface area contributed by atoms with Gasteiger partial charge in [0.1, 0.15) is 16.1 Å². The van der Waals surface area contributed by atoms with E-state index in [9.17, 15) is 0 Å². The molecule has 0 atom stereocenters. The second-order valence-corrected chi connectivity index (χ2v) is 4.00. The number of imidazole rings is 1. The minimum Gasteiger partial charge on any atom is -0.331 e. The molecule has 0 spiro atoms. The minimum atomic E-state index is 0.412. The molecule has 2 aromatic heterocycles. The molecule has 0 amide bonds. The van der Waals surface area contributed by atoms with Crippen LogP contribution < -0.4 is 0 Å². The molecule has 2 aromatic rings. The van der Waals surface area contributed by atoms with Crippen molar-refractivity contribution in [1.29, 1.82) is 0 Å². The van der Waals surface area contributed by atoms with E-state index in [1.165, 1.54) is 0 Å². The molecule has 2 rings (SSSR count). The van der Waals surface area contributed by atoms with E-state index in [2.05, 4.69) is 9.97 Å². The zero-order valence-corrected chi connectivity index (χ0v) is 9.63. The van der Waals surface area contributed by atoms with E-state index in [0.717, 1.165) is 11.4 Å². The van der Waals surface area contributed by atoms with Crippen molar-refractivity contribution in [3.8, 4) is 0 Å². The number of pyridine rings is 1. The number of hydrogen-bond donors (Lipinski definition) is 0. The quantitative estimate of drug-likeness (QED) is 0.758. The van der Waals surface area contributed by atoms with Crippen LogP contribution >= 0.6 is 23.2 Å². The molecule has 0 saturated heterocycles. The number of rotatable bonds is 2. The molecule has 0 aromatic carbocycles. The average Bonchev–Trinajstić information content (AvgIpc) is 2.50. The number of aryl methyl sites for hydroxylation is 1. The van der Waals surface area contributed by atoms with Crippen molar-refractivity contribution in [3.05, 3.63) is 46.2 Å². The molecule has 0 aliphatic carbocycles. The Morgan fingerprint density at radius 1 is 1.27 bits per heavy atom. The summed E-state index contributed by atoms with van der Waals surface area (Å²) in [6.45, 7) is 2.65. The summed E-state index contributed by atoms with van der Waals surface area (Å²) in [6, 6.07) is 3.60. The van der Waals surface area contributed by atoms with E-state index in [-0.39, 0.29) is 0 Å². The van der Waals surface area contributed by atoms with Crippen molar-refractivity contribution in [2.24, 2.45) is 0 Å². The van der Waals surface area contributed by atoms with Gasteiger partial charge >= 0.3 is 0 Å². The molecule has 0 saturated carbocycles. The highest BCUT2D eigenvalue weighted by molar-refractivity contribution is 6.32. The highest BCUT2D eigenvalue weighted by Crippen LogP contribution is 2.15. The zero-order valence-electron chi connectivity index (χ0n) is 8.11. The van der Waals surface area contributed by atoms with Gasteiger partial charge in [-0.25, -0.2) is 9.97 Å². The fraction of sp³-hybridized carbons (Fsp3) is 0.200. The molecule has 0 aliphatic heterocycles. The Hall–Kier alpha value is -1.06. The van der Waals surface area contributed by atoms with E-state index in [0.29, 0.717) is 16.9 Å². The molecule has 0 unspecified atom stereocenters. The predicted octanol–water partition coefficient (Wildman–Crippen LogP) is 2.94. The van der Waals surface area contributed by atoms with E-state index in [4.69, 9.17) is 23.2 Å². The van der Waals surface area contributed by atoms with Gasteiger partial charge in [0.2, 0.25) is 0 Å². The second kappa shape index (κ2) is 4.21. The maximum Gasteiger partial charge on any atom is 0.131 e. The van der Waals surface area contributed by atoms with Crippen LogP contribution in [0.5, 0.6) is 0 Å². The Morgan fingerprint density at radius 3 is 2.47 bits per heavy atom. The molecule has 15 heavy (non-hydrogen) atoms. The summed E-state index contributed by atoms with van der Waals surface area (Å²) in [5, 5.41) is 0.825.